The van der Waals surface area contributed by atoms with E-state index in [9.17, 15) is 4.79 Å². The van der Waals surface area contributed by atoms with Crippen LogP contribution in [-0.2, 0) is 0 Å². The molecule has 0 unspecified atom stereocenters. The second-order valence-corrected chi connectivity index (χ2v) is 6.30. The molecule has 8 heteroatoms. The topological polar surface area (TPSA) is 97.0 Å². The number of nitrogens with one attached hydrogen (secondary N) is 1. The van der Waals surface area contributed by atoms with Crippen LogP contribution in [0.3, 0.4) is 0 Å². The standard InChI is InChI=1S/C19H20N6O2/c1-2-20-19-21-11-14(12-22-19)18(26)25-10-6-9-15(25)17-23-16(24-27-17)13-7-4-3-5-8-13/h3-5,7-8,11-12,15H,2,6,9-10H2,1H3,(H,20,21,22)/t15-/m0/s1. The van der Waals surface area contributed by atoms with Crippen LogP contribution in [-0.4, -0.2) is 44.0 Å². The van der Waals surface area contributed by atoms with Gasteiger partial charge < -0.3 is 14.7 Å². The second-order valence-electron chi connectivity index (χ2n) is 6.30. The van der Waals surface area contributed by atoms with Crippen LogP contribution in [0.15, 0.2) is 47.2 Å². The Bertz CT molecular complexity index is 909. The molecule has 0 aliphatic carbocycles. The maximum absolute atomic E-state index is 12.9. The molecule has 0 radical (unpaired) electrons. The van der Waals surface area contributed by atoms with E-state index in [1.54, 1.807) is 17.3 Å². The third kappa shape index (κ3) is 3.51. The highest BCUT2D eigenvalue weighted by Crippen LogP contribution is 2.33. The van der Waals surface area contributed by atoms with E-state index < -0.39 is 0 Å². The molecule has 3 heterocycles. The minimum absolute atomic E-state index is 0.125. The van der Waals surface area contributed by atoms with E-state index in [1.165, 1.54) is 0 Å². The summed E-state index contributed by atoms with van der Waals surface area (Å²) in [5, 5.41) is 7.09. The Morgan fingerprint density at radius 1 is 1.26 bits per heavy atom. The number of hydrogen-bond donors (Lipinski definition) is 1. The molecule has 4 rings (SSSR count). The molecule has 2 aromatic heterocycles. The van der Waals surface area contributed by atoms with Crippen LogP contribution in [0.5, 0.6) is 0 Å². The monoisotopic (exact) mass is 364 g/mol. The van der Waals surface area contributed by atoms with Gasteiger partial charge in [0.05, 0.1) is 5.56 Å². The van der Waals surface area contributed by atoms with Crippen molar-refractivity contribution in [3.63, 3.8) is 0 Å². The number of carbonyl (C=O) groups excluding carboxylic acids is 1. The molecule has 1 fully saturated rings. The van der Waals surface area contributed by atoms with Gasteiger partial charge in [-0.15, -0.1) is 0 Å². The quantitative estimate of drug-likeness (QED) is 0.743. The van der Waals surface area contributed by atoms with Crippen LogP contribution in [0.25, 0.3) is 11.4 Å². The lowest BCUT2D eigenvalue weighted by Gasteiger charge is -2.21. The molecule has 1 N–H and O–H groups in total. The Morgan fingerprint density at radius 2 is 2.04 bits per heavy atom. The summed E-state index contributed by atoms with van der Waals surface area (Å²) in [6.07, 6.45) is 4.77. The molecule has 0 saturated carbocycles. The van der Waals surface area contributed by atoms with Gasteiger partial charge >= 0.3 is 0 Å². The third-order valence-electron chi connectivity index (χ3n) is 4.51. The number of carbonyl (C=O) groups is 1. The maximum atomic E-state index is 12.9. The lowest BCUT2D eigenvalue weighted by molar-refractivity contribution is 0.0709. The highest BCUT2D eigenvalue weighted by atomic mass is 16.5. The van der Waals surface area contributed by atoms with Gasteiger partial charge in [0, 0.05) is 31.0 Å². The molecule has 1 amide bonds. The van der Waals surface area contributed by atoms with Gasteiger partial charge in [0.1, 0.15) is 6.04 Å². The summed E-state index contributed by atoms with van der Waals surface area (Å²) in [7, 11) is 0. The Kier molecular flexibility index (Phi) is 4.78. The van der Waals surface area contributed by atoms with Crippen LogP contribution >= 0.6 is 0 Å². The van der Waals surface area contributed by atoms with E-state index in [0.29, 0.717) is 29.8 Å². The van der Waals surface area contributed by atoms with Gasteiger partial charge in [0.2, 0.25) is 17.7 Å². The van der Waals surface area contributed by atoms with Crippen molar-refractivity contribution < 1.29 is 9.32 Å². The lowest BCUT2D eigenvalue weighted by atomic mass is 10.2. The van der Waals surface area contributed by atoms with Crippen LogP contribution in [0.4, 0.5) is 5.95 Å². The molecule has 138 valence electrons. The van der Waals surface area contributed by atoms with Crippen molar-refractivity contribution in [3.05, 3.63) is 54.2 Å². The molecule has 3 aromatic rings. The van der Waals surface area contributed by atoms with Crippen molar-refractivity contribution in [3.8, 4) is 11.4 Å². The molecule has 27 heavy (non-hydrogen) atoms. The molecule has 0 bridgehead atoms. The number of nitrogens with zero attached hydrogens (tertiary/aromatic N) is 5. The van der Waals surface area contributed by atoms with Gasteiger partial charge in [-0.25, -0.2) is 9.97 Å². The van der Waals surface area contributed by atoms with Crippen molar-refractivity contribution in [2.75, 3.05) is 18.4 Å². The van der Waals surface area contributed by atoms with Gasteiger partial charge in [-0.2, -0.15) is 4.98 Å². The molecule has 1 atom stereocenters. The first kappa shape index (κ1) is 17.1. The number of benzene rings is 1. The average Bonchev–Trinajstić information content (AvgIpc) is 3.38. The summed E-state index contributed by atoms with van der Waals surface area (Å²) >= 11 is 0. The van der Waals surface area contributed by atoms with Gasteiger partial charge in [0.15, 0.2) is 0 Å². The molecule has 8 nitrogen and oxygen atoms in total. The Morgan fingerprint density at radius 3 is 2.78 bits per heavy atom. The maximum Gasteiger partial charge on any atom is 0.257 e. The molecule has 1 aromatic carbocycles. The van der Waals surface area contributed by atoms with Crippen molar-refractivity contribution in [1.82, 2.24) is 25.0 Å². The van der Waals surface area contributed by atoms with Crippen molar-refractivity contribution in [2.24, 2.45) is 0 Å². The lowest BCUT2D eigenvalue weighted by Crippen LogP contribution is -2.31. The van der Waals surface area contributed by atoms with Gasteiger partial charge in [-0.3, -0.25) is 4.79 Å². The minimum atomic E-state index is -0.226. The minimum Gasteiger partial charge on any atom is -0.355 e. The molecule has 1 aliphatic rings. The average molecular weight is 364 g/mol. The first-order chi connectivity index (χ1) is 13.3. The predicted octanol–water partition coefficient (Wildman–Crippen LogP) is 2.94. The summed E-state index contributed by atoms with van der Waals surface area (Å²) in [5.41, 5.74) is 1.34. The van der Waals surface area contributed by atoms with Crippen LogP contribution in [0.1, 0.15) is 42.1 Å². The molecular weight excluding hydrogens is 344 g/mol. The van der Waals surface area contributed by atoms with Gasteiger partial charge in [-0.1, -0.05) is 35.5 Å². The van der Waals surface area contributed by atoms with Crippen LogP contribution < -0.4 is 5.32 Å². The zero-order valence-electron chi connectivity index (χ0n) is 15.0. The number of likely N-dealkylation sites (tertiary alicyclic amines) is 1. The number of amides is 1. The summed E-state index contributed by atoms with van der Waals surface area (Å²) < 4.78 is 5.47. The van der Waals surface area contributed by atoms with Crippen molar-refractivity contribution >= 4 is 11.9 Å². The Balaban J connectivity index is 1.54. The highest BCUT2D eigenvalue weighted by molar-refractivity contribution is 5.94. The van der Waals surface area contributed by atoms with Crippen molar-refractivity contribution in [2.45, 2.75) is 25.8 Å². The number of rotatable bonds is 5. The molecule has 1 saturated heterocycles. The Labute approximate surface area is 156 Å². The number of hydrogen-bond acceptors (Lipinski definition) is 7. The first-order valence-electron chi connectivity index (χ1n) is 9.02. The normalized spacial score (nSPS) is 16.5. The third-order valence-corrected chi connectivity index (χ3v) is 4.51. The number of anilines is 1. The first-order valence-corrected chi connectivity index (χ1v) is 9.02. The van der Waals surface area contributed by atoms with E-state index in [2.05, 4.69) is 25.4 Å². The summed E-state index contributed by atoms with van der Waals surface area (Å²) in [6.45, 7) is 3.33. The zero-order chi connectivity index (χ0) is 18.6. The summed E-state index contributed by atoms with van der Waals surface area (Å²) in [5.74, 6) is 1.38. The zero-order valence-corrected chi connectivity index (χ0v) is 15.0. The molecular formula is C19H20N6O2. The largest absolute Gasteiger partial charge is 0.355 e. The SMILES string of the molecule is CCNc1ncc(C(=O)N2CCC[C@H]2c2nc(-c3ccccc3)no2)cn1. The fourth-order valence-electron chi connectivity index (χ4n) is 3.20. The van der Waals surface area contributed by atoms with Gasteiger partial charge in [-0.05, 0) is 19.8 Å². The second kappa shape index (κ2) is 7.53. The van der Waals surface area contributed by atoms with E-state index in [1.807, 2.05) is 37.3 Å². The van der Waals surface area contributed by atoms with Crippen molar-refractivity contribution in [1.29, 1.82) is 0 Å². The van der Waals surface area contributed by atoms with E-state index in [0.717, 1.165) is 24.9 Å². The Hall–Kier alpha value is -3.29. The molecule has 1 aliphatic heterocycles. The fourth-order valence-corrected chi connectivity index (χ4v) is 3.20. The van der Waals surface area contributed by atoms with Crippen LogP contribution in [0.2, 0.25) is 0 Å². The van der Waals surface area contributed by atoms with E-state index in [-0.39, 0.29) is 11.9 Å². The fraction of sp³-hybridized carbons (Fsp3) is 0.316. The molecule has 0 spiro atoms. The predicted molar refractivity (Wildman–Crippen MR) is 98.9 cm³/mol. The smallest absolute Gasteiger partial charge is 0.257 e. The van der Waals surface area contributed by atoms with E-state index >= 15 is 0 Å². The van der Waals surface area contributed by atoms with Crippen LogP contribution in [0, 0.1) is 0 Å². The van der Waals surface area contributed by atoms with Gasteiger partial charge in [0.25, 0.3) is 5.91 Å². The summed E-state index contributed by atoms with van der Waals surface area (Å²) in [4.78, 5) is 27.5. The van der Waals surface area contributed by atoms with E-state index in [4.69, 9.17) is 4.52 Å². The highest BCUT2D eigenvalue weighted by Gasteiger charge is 2.34. The summed E-state index contributed by atoms with van der Waals surface area (Å²) in [6, 6.07) is 9.41. The number of aromatic nitrogens is 4.